The predicted octanol–water partition coefficient (Wildman–Crippen LogP) is 2.35. The molecule has 0 saturated carbocycles. The molecule has 1 aliphatic heterocycles. The molecule has 0 saturated heterocycles. The fraction of sp³-hybridized carbons (Fsp3) is 0.364. The first-order valence-electron chi connectivity index (χ1n) is 4.54. The number of fused-ring (bicyclic) bond motifs is 1. The number of aliphatic imine (C=N–C) groups is 1. The molecule has 0 fully saturated rings. The quantitative estimate of drug-likeness (QED) is 0.718. The first-order valence-corrected chi connectivity index (χ1v) is 4.54. The Morgan fingerprint density at radius 1 is 1.14 bits per heavy atom. The van der Waals surface area contributed by atoms with Gasteiger partial charge in [0.15, 0.2) is 0 Å². The van der Waals surface area contributed by atoms with E-state index < -0.39 is 0 Å². The highest BCUT2D eigenvalue weighted by atomic mass is 16.5. The molecule has 0 N–H and O–H groups in total. The maximum Gasteiger partial charge on any atom is 0.145 e. The van der Waals surface area contributed by atoms with Gasteiger partial charge in [-0.25, -0.2) is 0 Å². The van der Waals surface area contributed by atoms with E-state index >= 15 is 0 Å². The van der Waals surface area contributed by atoms with Gasteiger partial charge in [-0.15, -0.1) is 0 Å². The Kier molecular flexibility index (Phi) is 2.15. The average molecular weight is 191 g/mol. The Labute approximate surface area is 83.4 Å². The molecular weight excluding hydrogens is 178 g/mol. The fourth-order valence-electron chi connectivity index (χ4n) is 1.73. The van der Waals surface area contributed by atoms with Gasteiger partial charge >= 0.3 is 0 Å². The van der Waals surface area contributed by atoms with Gasteiger partial charge in [-0.3, -0.25) is 4.99 Å². The number of rotatable bonds is 2. The average Bonchev–Trinajstić information content (AvgIpc) is 2.57. The van der Waals surface area contributed by atoms with Gasteiger partial charge in [0.05, 0.1) is 14.2 Å². The van der Waals surface area contributed by atoms with Gasteiger partial charge in [0, 0.05) is 17.7 Å². The van der Waals surface area contributed by atoms with E-state index in [-0.39, 0.29) is 0 Å². The van der Waals surface area contributed by atoms with Crippen LogP contribution in [0.2, 0.25) is 0 Å². The second kappa shape index (κ2) is 3.33. The van der Waals surface area contributed by atoms with Gasteiger partial charge in [-0.05, 0) is 19.1 Å². The molecule has 0 unspecified atom stereocenters. The molecule has 1 heterocycles. The summed E-state index contributed by atoms with van der Waals surface area (Å²) in [5.74, 6) is 1.71. The first kappa shape index (κ1) is 9.06. The molecule has 0 bridgehead atoms. The standard InChI is InChI=1S/C11H13NO2/c1-7-6-8-9(13-2)4-5-10(14-3)11(8)12-7/h4-5H,6H2,1-3H3. The minimum absolute atomic E-state index is 0.817. The summed E-state index contributed by atoms with van der Waals surface area (Å²) in [6, 6.07) is 3.81. The topological polar surface area (TPSA) is 30.8 Å². The molecule has 14 heavy (non-hydrogen) atoms. The van der Waals surface area contributed by atoms with Crippen molar-refractivity contribution >= 4 is 11.4 Å². The lowest BCUT2D eigenvalue weighted by atomic mass is 10.1. The van der Waals surface area contributed by atoms with E-state index in [9.17, 15) is 0 Å². The van der Waals surface area contributed by atoms with E-state index in [0.29, 0.717) is 0 Å². The van der Waals surface area contributed by atoms with Gasteiger partial charge in [0.25, 0.3) is 0 Å². The molecule has 0 spiro atoms. The van der Waals surface area contributed by atoms with Gasteiger partial charge in [-0.1, -0.05) is 0 Å². The third-order valence-electron chi connectivity index (χ3n) is 2.38. The largest absolute Gasteiger partial charge is 0.496 e. The minimum atomic E-state index is 0.817. The maximum absolute atomic E-state index is 5.28. The van der Waals surface area contributed by atoms with Crippen molar-refractivity contribution in [3.63, 3.8) is 0 Å². The second-order valence-electron chi connectivity index (χ2n) is 3.32. The molecule has 1 aromatic carbocycles. The van der Waals surface area contributed by atoms with Crippen LogP contribution in [0.5, 0.6) is 11.5 Å². The number of benzene rings is 1. The van der Waals surface area contributed by atoms with E-state index in [1.807, 2.05) is 19.1 Å². The van der Waals surface area contributed by atoms with Crippen LogP contribution in [0.1, 0.15) is 12.5 Å². The molecule has 0 aliphatic carbocycles. The van der Waals surface area contributed by atoms with Crippen LogP contribution < -0.4 is 9.47 Å². The number of nitrogens with zero attached hydrogens (tertiary/aromatic N) is 1. The Hall–Kier alpha value is -1.51. The predicted molar refractivity (Wildman–Crippen MR) is 56.0 cm³/mol. The lowest BCUT2D eigenvalue weighted by Gasteiger charge is -2.09. The van der Waals surface area contributed by atoms with Crippen molar-refractivity contribution < 1.29 is 9.47 Å². The molecule has 1 aliphatic rings. The van der Waals surface area contributed by atoms with Crippen LogP contribution >= 0.6 is 0 Å². The van der Waals surface area contributed by atoms with Crippen LogP contribution in [0.25, 0.3) is 0 Å². The van der Waals surface area contributed by atoms with Gasteiger partial charge < -0.3 is 9.47 Å². The van der Waals surface area contributed by atoms with Crippen molar-refractivity contribution in [1.29, 1.82) is 0 Å². The molecule has 2 rings (SSSR count). The Morgan fingerprint density at radius 2 is 1.79 bits per heavy atom. The highest BCUT2D eigenvalue weighted by Gasteiger charge is 2.20. The summed E-state index contributed by atoms with van der Waals surface area (Å²) in [5.41, 5.74) is 3.15. The highest BCUT2D eigenvalue weighted by Crippen LogP contribution is 2.41. The molecular formula is C11H13NO2. The maximum atomic E-state index is 5.28. The van der Waals surface area contributed by atoms with E-state index in [2.05, 4.69) is 4.99 Å². The number of hydrogen-bond donors (Lipinski definition) is 0. The lowest BCUT2D eigenvalue weighted by Crippen LogP contribution is -1.94. The van der Waals surface area contributed by atoms with Crippen molar-refractivity contribution in [1.82, 2.24) is 0 Å². The zero-order chi connectivity index (χ0) is 10.1. The summed E-state index contributed by atoms with van der Waals surface area (Å²) in [6.45, 7) is 2.01. The first-order chi connectivity index (χ1) is 6.76. The zero-order valence-corrected chi connectivity index (χ0v) is 8.63. The van der Waals surface area contributed by atoms with E-state index in [1.54, 1.807) is 14.2 Å². The van der Waals surface area contributed by atoms with Crippen LogP contribution in [0.15, 0.2) is 17.1 Å². The van der Waals surface area contributed by atoms with Crippen molar-refractivity contribution in [3.8, 4) is 11.5 Å². The number of ether oxygens (including phenoxy) is 2. The smallest absolute Gasteiger partial charge is 0.145 e. The molecule has 0 radical (unpaired) electrons. The van der Waals surface area contributed by atoms with Crippen LogP contribution in [0.3, 0.4) is 0 Å². The number of hydrogen-bond acceptors (Lipinski definition) is 3. The molecule has 1 aromatic rings. The van der Waals surface area contributed by atoms with Gasteiger partial charge in [-0.2, -0.15) is 0 Å². The molecule has 3 nitrogen and oxygen atoms in total. The fourth-order valence-corrected chi connectivity index (χ4v) is 1.73. The molecule has 0 amide bonds. The van der Waals surface area contributed by atoms with Gasteiger partial charge in [0.1, 0.15) is 17.2 Å². The summed E-state index contributed by atoms with van der Waals surface area (Å²) in [7, 11) is 3.33. The summed E-state index contributed by atoms with van der Waals surface area (Å²) in [5, 5.41) is 0. The molecule has 0 atom stereocenters. The van der Waals surface area contributed by atoms with Crippen molar-refractivity contribution in [2.24, 2.45) is 4.99 Å². The van der Waals surface area contributed by atoms with Crippen LogP contribution in [0, 0.1) is 0 Å². The van der Waals surface area contributed by atoms with Crippen LogP contribution in [0.4, 0.5) is 5.69 Å². The Balaban J connectivity index is 2.57. The monoisotopic (exact) mass is 191 g/mol. The van der Waals surface area contributed by atoms with Crippen molar-refractivity contribution in [2.45, 2.75) is 13.3 Å². The Morgan fingerprint density at radius 3 is 2.43 bits per heavy atom. The van der Waals surface area contributed by atoms with Crippen molar-refractivity contribution in [3.05, 3.63) is 17.7 Å². The molecule has 74 valence electrons. The van der Waals surface area contributed by atoms with Gasteiger partial charge in [0.2, 0.25) is 0 Å². The second-order valence-corrected chi connectivity index (χ2v) is 3.32. The van der Waals surface area contributed by atoms with E-state index in [0.717, 1.165) is 34.9 Å². The number of methoxy groups -OCH3 is 2. The van der Waals surface area contributed by atoms with Crippen molar-refractivity contribution in [2.75, 3.05) is 14.2 Å². The zero-order valence-electron chi connectivity index (χ0n) is 8.63. The van der Waals surface area contributed by atoms with Crippen LogP contribution in [-0.4, -0.2) is 19.9 Å². The lowest BCUT2D eigenvalue weighted by molar-refractivity contribution is 0.402. The summed E-state index contributed by atoms with van der Waals surface area (Å²) < 4.78 is 10.5. The van der Waals surface area contributed by atoms with E-state index in [1.165, 1.54) is 0 Å². The van der Waals surface area contributed by atoms with Crippen LogP contribution in [-0.2, 0) is 6.42 Å². The molecule has 3 heteroatoms. The summed E-state index contributed by atoms with van der Waals surface area (Å²) in [4.78, 5) is 4.44. The summed E-state index contributed by atoms with van der Waals surface area (Å²) >= 11 is 0. The molecule has 0 aromatic heterocycles. The SMILES string of the molecule is COc1ccc(OC)c2c1CC(C)=N2. The summed E-state index contributed by atoms with van der Waals surface area (Å²) in [6.07, 6.45) is 0.857. The third-order valence-corrected chi connectivity index (χ3v) is 2.38. The Bertz CT molecular complexity index is 397. The normalized spacial score (nSPS) is 13.5. The van der Waals surface area contributed by atoms with E-state index in [4.69, 9.17) is 9.47 Å². The highest BCUT2D eigenvalue weighted by molar-refractivity contribution is 5.94. The minimum Gasteiger partial charge on any atom is -0.496 e. The third kappa shape index (κ3) is 1.25.